The van der Waals surface area contributed by atoms with Gasteiger partial charge in [0.15, 0.2) is 12.9 Å². The van der Waals surface area contributed by atoms with Gasteiger partial charge >= 0.3 is 6.18 Å². The zero-order valence-corrected chi connectivity index (χ0v) is 15.7. The summed E-state index contributed by atoms with van der Waals surface area (Å²) >= 11 is 0. The van der Waals surface area contributed by atoms with E-state index in [0.717, 1.165) is 5.69 Å². The normalized spacial score (nSPS) is 13.0. The topological polar surface area (TPSA) is 163 Å². The smallest absolute Gasteiger partial charge is 0.416 e. The first-order chi connectivity index (χ1) is 13.3. The highest BCUT2D eigenvalue weighted by Crippen LogP contribution is 2.45. The lowest BCUT2D eigenvalue weighted by Gasteiger charge is -2.22. The molecule has 0 fully saturated rings. The molecule has 0 radical (unpaired) electrons. The summed E-state index contributed by atoms with van der Waals surface area (Å²) in [6.45, 7) is 0.683. The number of quaternary nitrogens is 1. The second-order valence-electron chi connectivity index (χ2n) is 5.28. The molecule has 0 aliphatic heterocycles. The van der Waals surface area contributed by atoms with Crippen LogP contribution >= 0.6 is 7.60 Å². The molecule has 0 aromatic heterocycles. The summed E-state index contributed by atoms with van der Waals surface area (Å²) in [5.74, 6) is 0. The predicted octanol–water partition coefficient (Wildman–Crippen LogP) is 2.30. The maximum absolute atomic E-state index is 12.6. The standard InChI is InChI=1S/C9H8F3N2O7P.C6H7N/c1-2-21-22(19,20)8-6(13(15)16)3-5(9(10,11)12)4-7(8)14(17)18;7-6-4-2-1-3-5-6/h3-4H,2H2,1H3,(H,19,20);1-5H,7H2. The molecular formula is C15H15F3N3O7P. The molecule has 0 aliphatic rings. The van der Waals surface area contributed by atoms with Gasteiger partial charge in [-0.2, -0.15) is 13.2 Å². The van der Waals surface area contributed by atoms with Gasteiger partial charge in [-0.25, -0.2) is 0 Å². The SMILES string of the molecule is CCOP(=O)([O-])c1c([N+](=O)[O-])cc(C(F)(F)F)cc1[N+](=O)[O-].[NH3+]c1ccccc1. The van der Waals surface area contributed by atoms with Crippen LogP contribution in [0.3, 0.4) is 0 Å². The van der Waals surface area contributed by atoms with E-state index in [4.69, 9.17) is 0 Å². The van der Waals surface area contributed by atoms with E-state index in [1.165, 1.54) is 6.92 Å². The molecule has 0 saturated carbocycles. The Morgan fingerprint density at radius 3 is 1.79 bits per heavy atom. The summed E-state index contributed by atoms with van der Waals surface area (Å²) < 4.78 is 53.9. The number of alkyl halides is 3. The van der Waals surface area contributed by atoms with Crippen LogP contribution in [-0.2, 0) is 15.3 Å². The summed E-state index contributed by atoms with van der Waals surface area (Å²) in [6.07, 6.45) is -5.13. The number of nitro groups is 2. The molecule has 10 nitrogen and oxygen atoms in total. The van der Waals surface area contributed by atoms with Crippen molar-refractivity contribution in [1.82, 2.24) is 0 Å². The minimum absolute atomic E-state index is 0.0914. The van der Waals surface area contributed by atoms with Crippen LogP contribution < -0.4 is 15.9 Å². The highest BCUT2D eigenvalue weighted by Gasteiger charge is 2.40. The molecule has 0 spiro atoms. The van der Waals surface area contributed by atoms with Crippen LogP contribution in [-0.4, -0.2) is 16.5 Å². The quantitative estimate of drug-likeness (QED) is 0.426. The molecule has 0 bridgehead atoms. The molecule has 2 aromatic rings. The van der Waals surface area contributed by atoms with Crippen LogP contribution in [0.2, 0.25) is 0 Å². The summed E-state index contributed by atoms with van der Waals surface area (Å²) in [5, 5.41) is 20.2. The molecule has 3 N–H and O–H groups in total. The maximum Gasteiger partial charge on any atom is 0.416 e. The number of benzene rings is 2. The van der Waals surface area contributed by atoms with Crippen LogP contribution in [0.4, 0.5) is 30.2 Å². The Morgan fingerprint density at radius 2 is 1.52 bits per heavy atom. The van der Waals surface area contributed by atoms with Crippen LogP contribution in [0.25, 0.3) is 0 Å². The van der Waals surface area contributed by atoms with E-state index < -0.39 is 52.5 Å². The van der Waals surface area contributed by atoms with E-state index in [9.17, 15) is 42.9 Å². The molecule has 158 valence electrons. The Bertz CT molecular complexity index is 903. The van der Waals surface area contributed by atoms with Crippen molar-refractivity contribution < 1.29 is 42.7 Å². The summed E-state index contributed by atoms with van der Waals surface area (Å²) in [4.78, 5) is 30.5. The number of halogens is 3. The fourth-order valence-corrected chi connectivity index (χ4v) is 3.36. The Labute approximate surface area is 161 Å². The van der Waals surface area contributed by atoms with Gasteiger partial charge in [-0.15, -0.1) is 0 Å². The molecular weight excluding hydrogens is 422 g/mol. The van der Waals surface area contributed by atoms with Crippen LogP contribution in [0.15, 0.2) is 42.5 Å². The highest BCUT2D eigenvalue weighted by atomic mass is 31.2. The average Bonchev–Trinajstić information content (AvgIpc) is 2.60. The van der Waals surface area contributed by atoms with Gasteiger partial charge in [-0.05, 0) is 19.1 Å². The van der Waals surface area contributed by atoms with Gasteiger partial charge in [-0.1, -0.05) is 18.2 Å². The highest BCUT2D eigenvalue weighted by molar-refractivity contribution is 7.60. The number of rotatable bonds is 5. The van der Waals surface area contributed by atoms with Gasteiger partial charge in [0, 0.05) is 12.1 Å². The second-order valence-corrected chi connectivity index (χ2v) is 6.98. The molecule has 0 aliphatic carbocycles. The van der Waals surface area contributed by atoms with Crippen LogP contribution in [0.5, 0.6) is 0 Å². The lowest BCUT2D eigenvalue weighted by Crippen LogP contribution is -2.39. The van der Waals surface area contributed by atoms with Crippen molar-refractivity contribution in [3.63, 3.8) is 0 Å². The first kappa shape index (κ1) is 24.2. The minimum atomic E-state index is -5.30. The third-order valence-corrected chi connectivity index (χ3v) is 4.81. The Kier molecular flexibility index (Phi) is 7.97. The van der Waals surface area contributed by atoms with Gasteiger partial charge in [0.25, 0.3) is 11.4 Å². The third-order valence-electron chi connectivity index (χ3n) is 3.21. The lowest BCUT2D eigenvalue weighted by atomic mass is 10.1. The van der Waals surface area contributed by atoms with Crippen molar-refractivity contribution in [2.24, 2.45) is 0 Å². The molecule has 2 rings (SSSR count). The maximum atomic E-state index is 12.6. The lowest BCUT2D eigenvalue weighted by molar-refractivity contribution is -0.392. The fraction of sp³-hybridized carbons (Fsp3) is 0.200. The molecule has 0 heterocycles. The first-order valence-corrected chi connectivity index (χ1v) is 9.22. The van der Waals surface area contributed by atoms with E-state index in [2.05, 4.69) is 10.3 Å². The third kappa shape index (κ3) is 6.61. The Balaban J connectivity index is 0.000000502. The zero-order chi connectivity index (χ0) is 22.4. The minimum Gasteiger partial charge on any atom is -0.775 e. The van der Waals surface area contributed by atoms with Gasteiger partial charge in [0.05, 0.1) is 22.0 Å². The van der Waals surface area contributed by atoms with Crippen LogP contribution in [0.1, 0.15) is 12.5 Å². The largest absolute Gasteiger partial charge is 0.775 e. The summed E-state index contributed by atoms with van der Waals surface area (Å²) in [5.41, 5.74) is -0.0755. The number of hydrogen-bond acceptors (Lipinski definition) is 7. The van der Waals surface area contributed by atoms with E-state index in [1.807, 2.05) is 30.3 Å². The molecule has 29 heavy (non-hydrogen) atoms. The monoisotopic (exact) mass is 437 g/mol. The zero-order valence-electron chi connectivity index (χ0n) is 14.8. The van der Waals surface area contributed by atoms with Gasteiger partial charge < -0.3 is 19.7 Å². The van der Waals surface area contributed by atoms with E-state index >= 15 is 0 Å². The molecule has 0 amide bonds. The van der Waals surface area contributed by atoms with Gasteiger partial charge in [0.2, 0.25) is 0 Å². The predicted molar refractivity (Wildman–Crippen MR) is 92.6 cm³/mol. The molecule has 0 saturated heterocycles. The number of nitrogens with zero attached hydrogens (tertiary/aromatic N) is 2. The van der Waals surface area contributed by atoms with Crippen molar-refractivity contribution >= 4 is 30.0 Å². The van der Waals surface area contributed by atoms with Gasteiger partial charge in [-0.3, -0.25) is 20.2 Å². The van der Waals surface area contributed by atoms with Crippen LogP contribution in [0, 0.1) is 20.2 Å². The molecule has 1 atom stereocenters. The Morgan fingerprint density at radius 1 is 1.07 bits per heavy atom. The summed E-state index contributed by atoms with van der Waals surface area (Å²) in [6, 6.07) is 9.69. The number of hydrogen-bond donors (Lipinski definition) is 1. The molecule has 1 unspecified atom stereocenters. The molecule has 2 aromatic carbocycles. The summed E-state index contributed by atoms with van der Waals surface area (Å²) in [7, 11) is -5.30. The van der Waals surface area contributed by atoms with E-state index in [-0.39, 0.29) is 12.1 Å². The van der Waals surface area contributed by atoms with Crippen molar-refractivity contribution in [1.29, 1.82) is 0 Å². The fourth-order valence-electron chi connectivity index (χ4n) is 2.04. The van der Waals surface area contributed by atoms with Crippen molar-refractivity contribution in [2.45, 2.75) is 13.1 Å². The van der Waals surface area contributed by atoms with Crippen molar-refractivity contribution in [2.75, 3.05) is 6.61 Å². The second kappa shape index (κ2) is 9.56. The van der Waals surface area contributed by atoms with Crippen molar-refractivity contribution in [3.05, 3.63) is 68.3 Å². The van der Waals surface area contributed by atoms with E-state index in [1.54, 1.807) is 0 Å². The van der Waals surface area contributed by atoms with Crippen molar-refractivity contribution in [3.8, 4) is 0 Å². The average molecular weight is 437 g/mol. The molecule has 14 heteroatoms. The number of nitro benzene ring substituents is 2. The first-order valence-electron chi connectivity index (χ1n) is 7.68. The van der Waals surface area contributed by atoms with Gasteiger partial charge in [0.1, 0.15) is 5.69 Å². The Hall–Kier alpha value is -2.86. The van der Waals surface area contributed by atoms with E-state index in [0.29, 0.717) is 0 Å².